The Labute approximate surface area is 112 Å². The van der Waals surface area contributed by atoms with E-state index in [-0.39, 0.29) is 6.16 Å². The Kier molecular flexibility index (Phi) is 12.2. The minimum Gasteiger partial charge on any atom is -0.324 e. The van der Waals surface area contributed by atoms with E-state index in [1.54, 1.807) is 6.92 Å². The van der Waals surface area contributed by atoms with Crippen LogP contribution in [0.2, 0.25) is 0 Å². The molecule has 1 unspecified atom stereocenters. The summed E-state index contributed by atoms with van der Waals surface area (Å²) in [7, 11) is -3.31. The Hall–Kier alpha value is 0.110. The third-order valence-electron chi connectivity index (χ3n) is 2.83. The number of hydrogen-bond acceptors (Lipinski definition) is 3. The second-order valence-corrected chi connectivity index (χ2v) is 6.63. The lowest BCUT2D eigenvalue weighted by molar-refractivity contribution is 0.273. The molecule has 0 aliphatic rings. The van der Waals surface area contributed by atoms with Gasteiger partial charge in [0.15, 0.2) is 0 Å². The van der Waals surface area contributed by atoms with Crippen molar-refractivity contribution in [1.29, 1.82) is 0 Å². The van der Waals surface area contributed by atoms with E-state index in [4.69, 9.17) is 4.52 Å². The maximum Gasteiger partial charge on any atom is 0.328 e. The topological polar surface area (TPSA) is 58.6 Å². The minimum atomic E-state index is -3.31. The van der Waals surface area contributed by atoms with Gasteiger partial charge in [0, 0.05) is 0 Å². The molecule has 0 aromatic heterocycles. The van der Waals surface area contributed by atoms with Gasteiger partial charge in [-0.1, -0.05) is 39.0 Å². The van der Waals surface area contributed by atoms with Crippen LogP contribution in [0.15, 0.2) is 0 Å². The molecule has 0 fully saturated rings. The molecule has 4 nitrogen and oxygen atoms in total. The Balaban J connectivity index is 3.18. The average molecular weight is 279 g/mol. The van der Waals surface area contributed by atoms with Crippen LogP contribution in [0, 0.1) is 0 Å². The van der Waals surface area contributed by atoms with Crippen LogP contribution in [0.3, 0.4) is 0 Å². The Morgan fingerprint density at radius 2 is 1.61 bits per heavy atom. The van der Waals surface area contributed by atoms with Crippen molar-refractivity contribution in [3.8, 4) is 0 Å². The van der Waals surface area contributed by atoms with Crippen molar-refractivity contribution >= 4 is 7.60 Å². The van der Waals surface area contributed by atoms with Crippen molar-refractivity contribution in [3.63, 3.8) is 0 Å². The fraction of sp³-hybridized carbons (Fsp3) is 1.00. The largest absolute Gasteiger partial charge is 0.328 e. The molecule has 0 spiro atoms. The highest BCUT2D eigenvalue weighted by Crippen LogP contribution is 2.41. The molecule has 1 atom stereocenters. The minimum absolute atomic E-state index is 0.254. The molecular formula is C13H30NO3P. The Bertz CT molecular complexity index is 224. The zero-order valence-electron chi connectivity index (χ0n) is 12.0. The lowest BCUT2D eigenvalue weighted by Crippen LogP contribution is -2.17. The van der Waals surface area contributed by atoms with E-state index in [0.29, 0.717) is 13.0 Å². The van der Waals surface area contributed by atoms with Crippen LogP contribution in [0.1, 0.15) is 58.8 Å². The predicted octanol–water partition coefficient (Wildman–Crippen LogP) is 3.55. The fourth-order valence-electron chi connectivity index (χ4n) is 1.83. The van der Waals surface area contributed by atoms with E-state index in [2.05, 4.69) is 12.2 Å². The first-order valence-electron chi connectivity index (χ1n) is 7.29. The third-order valence-corrected chi connectivity index (χ3v) is 4.38. The van der Waals surface area contributed by atoms with Gasteiger partial charge in [-0.15, -0.1) is 0 Å². The van der Waals surface area contributed by atoms with Gasteiger partial charge in [0.25, 0.3) is 0 Å². The van der Waals surface area contributed by atoms with E-state index in [0.717, 1.165) is 13.1 Å². The molecule has 0 heterocycles. The van der Waals surface area contributed by atoms with E-state index >= 15 is 0 Å². The quantitative estimate of drug-likeness (QED) is 0.400. The van der Waals surface area contributed by atoms with Crippen LogP contribution in [-0.2, 0) is 9.09 Å². The van der Waals surface area contributed by atoms with Crippen molar-refractivity contribution in [2.24, 2.45) is 0 Å². The fourth-order valence-corrected chi connectivity index (χ4v) is 2.92. The zero-order chi connectivity index (χ0) is 13.7. The summed E-state index contributed by atoms with van der Waals surface area (Å²) in [5.74, 6) is 0. The molecule has 0 rings (SSSR count). The summed E-state index contributed by atoms with van der Waals surface area (Å²) in [5.41, 5.74) is 0. The van der Waals surface area contributed by atoms with Crippen molar-refractivity contribution in [2.75, 3.05) is 25.9 Å². The van der Waals surface area contributed by atoms with Gasteiger partial charge < -0.3 is 14.7 Å². The van der Waals surface area contributed by atoms with Gasteiger partial charge in [-0.3, -0.25) is 4.57 Å². The Morgan fingerprint density at radius 1 is 1.00 bits per heavy atom. The molecule has 5 heteroatoms. The van der Waals surface area contributed by atoms with Gasteiger partial charge in [0.1, 0.15) is 0 Å². The Morgan fingerprint density at radius 3 is 2.28 bits per heavy atom. The molecule has 0 bridgehead atoms. The highest BCUT2D eigenvalue weighted by atomic mass is 31.2. The maximum atomic E-state index is 11.4. The second kappa shape index (κ2) is 12.2. The molecule has 0 aliphatic carbocycles. The SMILES string of the molecule is CCCCCCCCNCCCP(=O)(O)OCC. The monoisotopic (exact) mass is 279 g/mol. The summed E-state index contributed by atoms with van der Waals surface area (Å²) in [4.78, 5) is 9.34. The van der Waals surface area contributed by atoms with Crippen molar-refractivity contribution < 1.29 is 14.0 Å². The highest BCUT2D eigenvalue weighted by Gasteiger charge is 2.16. The van der Waals surface area contributed by atoms with Crippen molar-refractivity contribution in [2.45, 2.75) is 58.8 Å². The van der Waals surface area contributed by atoms with E-state index in [1.165, 1.54) is 38.5 Å². The van der Waals surface area contributed by atoms with Gasteiger partial charge in [-0.2, -0.15) is 0 Å². The average Bonchev–Trinajstić information content (AvgIpc) is 2.31. The second-order valence-electron chi connectivity index (χ2n) is 4.65. The zero-order valence-corrected chi connectivity index (χ0v) is 12.9. The van der Waals surface area contributed by atoms with Crippen LogP contribution in [0.5, 0.6) is 0 Å². The molecule has 0 saturated heterocycles. The first-order valence-corrected chi connectivity index (χ1v) is 9.05. The van der Waals surface area contributed by atoms with E-state index in [9.17, 15) is 9.46 Å². The van der Waals surface area contributed by atoms with Crippen LogP contribution in [0.25, 0.3) is 0 Å². The molecule has 2 N–H and O–H groups in total. The molecule has 0 saturated carbocycles. The summed E-state index contributed by atoms with van der Waals surface area (Å²) in [6.07, 6.45) is 8.74. The predicted molar refractivity (Wildman–Crippen MR) is 77.2 cm³/mol. The van der Waals surface area contributed by atoms with E-state index in [1.807, 2.05) is 0 Å². The summed E-state index contributed by atoms with van der Waals surface area (Å²) in [5, 5.41) is 3.30. The number of rotatable bonds is 13. The van der Waals surface area contributed by atoms with E-state index < -0.39 is 7.60 Å². The molecule has 110 valence electrons. The van der Waals surface area contributed by atoms with Gasteiger partial charge in [0.2, 0.25) is 0 Å². The standard InChI is InChI=1S/C13H30NO3P/c1-3-5-6-7-8-9-11-14-12-10-13-18(15,16)17-4-2/h14H,3-13H2,1-2H3,(H,15,16). The normalized spacial score (nSPS) is 14.6. The molecule has 0 radical (unpaired) electrons. The molecule has 18 heavy (non-hydrogen) atoms. The number of hydrogen-bond donors (Lipinski definition) is 2. The summed E-state index contributed by atoms with van der Waals surface area (Å²) >= 11 is 0. The first-order chi connectivity index (χ1) is 8.62. The molecular weight excluding hydrogens is 249 g/mol. The van der Waals surface area contributed by atoms with Crippen molar-refractivity contribution in [1.82, 2.24) is 5.32 Å². The smallest absolute Gasteiger partial charge is 0.324 e. The lowest BCUT2D eigenvalue weighted by Gasteiger charge is -2.10. The van der Waals surface area contributed by atoms with Crippen LogP contribution >= 0.6 is 7.60 Å². The number of nitrogens with one attached hydrogen (secondary N) is 1. The highest BCUT2D eigenvalue weighted by molar-refractivity contribution is 7.52. The lowest BCUT2D eigenvalue weighted by atomic mass is 10.1. The molecule has 0 aromatic carbocycles. The van der Waals surface area contributed by atoms with Gasteiger partial charge in [-0.05, 0) is 32.9 Å². The van der Waals surface area contributed by atoms with Crippen LogP contribution in [0.4, 0.5) is 0 Å². The third kappa shape index (κ3) is 12.6. The number of unbranched alkanes of at least 4 members (excludes halogenated alkanes) is 5. The van der Waals surface area contributed by atoms with Gasteiger partial charge >= 0.3 is 7.60 Å². The maximum absolute atomic E-state index is 11.4. The molecule has 0 aromatic rings. The van der Waals surface area contributed by atoms with Gasteiger partial charge in [0.05, 0.1) is 12.8 Å². The molecule has 0 amide bonds. The summed E-state index contributed by atoms with van der Waals surface area (Å²) in [6, 6.07) is 0. The summed E-state index contributed by atoms with van der Waals surface area (Å²) < 4.78 is 16.2. The van der Waals surface area contributed by atoms with Crippen LogP contribution < -0.4 is 5.32 Å². The summed E-state index contributed by atoms with van der Waals surface area (Å²) in [6.45, 7) is 6.07. The van der Waals surface area contributed by atoms with Crippen LogP contribution in [-0.4, -0.2) is 30.8 Å². The molecule has 0 aliphatic heterocycles. The van der Waals surface area contributed by atoms with Crippen molar-refractivity contribution in [3.05, 3.63) is 0 Å². The first kappa shape index (κ1) is 18.1. The van der Waals surface area contributed by atoms with Gasteiger partial charge in [-0.25, -0.2) is 0 Å².